The van der Waals surface area contributed by atoms with Gasteiger partial charge in [-0.25, -0.2) is 0 Å². The van der Waals surface area contributed by atoms with Crippen molar-refractivity contribution >= 4 is 29.2 Å². The van der Waals surface area contributed by atoms with Gasteiger partial charge in [0.05, 0.1) is 10.0 Å². The number of benzene rings is 1. The summed E-state index contributed by atoms with van der Waals surface area (Å²) < 4.78 is 6.12. The molecule has 0 saturated carbocycles. The second-order valence-corrected chi connectivity index (χ2v) is 11.0. The molecule has 0 radical (unpaired) electrons. The number of unbranched alkanes of at least 4 members (excludes halogenated alkanes) is 8. The minimum Gasteiger partial charge on any atom is -0.461 e. The summed E-state index contributed by atoms with van der Waals surface area (Å²) >= 11 is 12.5. The highest BCUT2D eigenvalue weighted by Crippen LogP contribution is 2.53. The third-order valence-electron chi connectivity index (χ3n) is 8.08. The quantitative estimate of drug-likeness (QED) is 0.226. The lowest BCUT2D eigenvalue weighted by Gasteiger charge is -2.37. The van der Waals surface area contributed by atoms with Gasteiger partial charge >= 0.3 is 5.97 Å². The van der Waals surface area contributed by atoms with Crippen molar-refractivity contribution in [1.82, 2.24) is 4.90 Å². The summed E-state index contributed by atoms with van der Waals surface area (Å²) in [6.45, 7) is 3.16. The molecule has 4 bridgehead atoms. The van der Waals surface area contributed by atoms with Crippen LogP contribution in [0, 0.1) is 5.92 Å². The molecule has 3 aliphatic heterocycles. The van der Waals surface area contributed by atoms with E-state index < -0.39 is 0 Å². The van der Waals surface area contributed by atoms with E-state index in [-0.39, 0.29) is 12.1 Å². The molecule has 178 valence electrons. The molecule has 1 unspecified atom stereocenters. The molecule has 0 aromatic heterocycles. The van der Waals surface area contributed by atoms with Crippen LogP contribution >= 0.6 is 23.2 Å². The Hall–Kier alpha value is -0.770. The predicted molar refractivity (Wildman–Crippen MR) is 133 cm³/mol. The van der Waals surface area contributed by atoms with Gasteiger partial charge in [0.1, 0.15) is 6.10 Å². The van der Waals surface area contributed by atoms with Crippen molar-refractivity contribution < 1.29 is 9.53 Å². The molecule has 3 fully saturated rings. The van der Waals surface area contributed by atoms with Gasteiger partial charge in [-0.3, -0.25) is 9.69 Å². The lowest BCUT2D eigenvalue weighted by atomic mass is 9.76. The van der Waals surface area contributed by atoms with Gasteiger partial charge in [0, 0.05) is 31.0 Å². The Morgan fingerprint density at radius 1 is 1.00 bits per heavy atom. The fourth-order valence-corrected chi connectivity index (χ4v) is 6.80. The topological polar surface area (TPSA) is 29.5 Å². The van der Waals surface area contributed by atoms with Crippen molar-refractivity contribution in [2.24, 2.45) is 5.92 Å². The summed E-state index contributed by atoms with van der Waals surface area (Å²) in [5, 5.41) is 1.22. The van der Waals surface area contributed by atoms with E-state index in [1.165, 1.54) is 63.4 Å². The molecule has 5 heteroatoms. The van der Waals surface area contributed by atoms with Crippen molar-refractivity contribution in [3.63, 3.8) is 0 Å². The van der Waals surface area contributed by atoms with Crippen LogP contribution in [-0.4, -0.2) is 35.6 Å². The van der Waals surface area contributed by atoms with E-state index >= 15 is 0 Å². The first-order valence-electron chi connectivity index (χ1n) is 13.0. The molecule has 3 nitrogen and oxygen atoms in total. The van der Waals surface area contributed by atoms with Crippen LogP contribution in [0.1, 0.15) is 102 Å². The van der Waals surface area contributed by atoms with Gasteiger partial charge in [0.15, 0.2) is 0 Å². The van der Waals surface area contributed by atoms with E-state index in [4.69, 9.17) is 27.9 Å². The van der Waals surface area contributed by atoms with E-state index in [0.29, 0.717) is 40.4 Å². The van der Waals surface area contributed by atoms with Gasteiger partial charge in [-0.1, -0.05) is 87.6 Å². The number of ether oxygens (including phenoxy) is 1. The van der Waals surface area contributed by atoms with Gasteiger partial charge in [0.2, 0.25) is 0 Å². The predicted octanol–water partition coefficient (Wildman–Crippen LogP) is 7.78. The third kappa shape index (κ3) is 5.65. The van der Waals surface area contributed by atoms with Gasteiger partial charge in [-0.05, 0) is 49.3 Å². The molecular weight excluding hydrogens is 441 g/mol. The highest BCUT2D eigenvalue weighted by molar-refractivity contribution is 6.42. The van der Waals surface area contributed by atoms with Crippen LogP contribution in [0.2, 0.25) is 10.0 Å². The molecule has 32 heavy (non-hydrogen) atoms. The fraction of sp³-hybridized carbons (Fsp3) is 0.741. The minimum absolute atomic E-state index is 0.00421. The summed E-state index contributed by atoms with van der Waals surface area (Å²) in [7, 11) is 0. The number of carbonyl (C=O) groups is 1. The van der Waals surface area contributed by atoms with Crippen molar-refractivity contribution in [2.45, 2.75) is 114 Å². The molecule has 3 aliphatic rings. The number of esters is 1. The second kappa shape index (κ2) is 11.6. The molecule has 4 rings (SSSR count). The summed E-state index contributed by atoms with van der Waals surface area (Å²) in [6, 6.07) is 7.21. The van der Waals surface area contributed by atoms with Crippen LogP contribution in [0.25, 0.3) is 0 Å². The van der Waals surface area contributed by atoms with Crippen LogP contribution in [0.15, 0.2) is 18.2 Å². The average Bonchev–Trinajstić information content (AvgIpc) is 3.19. The zero-order valence-electron chi connectivity index (χ0n) is 19.5. The first-order chi connectivity index (χ1) is 15.6. The standard InChI is InChI=1S/C27H39Cl2NO2/c1-2-3-4-5-6-7-8-9-10-11-26(31)32-25-18-30-20-13-15-24(30)27(25)21(17-20)19-12-14-22(28)23(29)16-19/h12,14,16,20-21,24-25,27H,2-11,13,15,17-18H2,1H3/t20-,21+,24+,25+,27-/m1/s1. The van der Waals surface area contributed by atoms with Crippen molar-refractivity contribution in [3.05, 3.63) is 33.8 Å². The second-order valence-electron chi connectivity index (χ2n) is 10.2. The Morgan fingerprint density at radius 2 is 1.72 bits per heavy atom. The molecule has 0 spiro atoms. The molecule has 1 aromatic carbocycles. The molecular formula is C27H39Cl2NO2. The summed E-state index contributed by atoms with van der Waals surface area (Å²) in [5.74, 6) is 0.764. The number of halogens is 2. The Balaban J connectivity index is 1.26. The first-order valence-corrected chi connectivity index (χ1v) is 13.7. The minimum atomic E-state index is -0.00421. The van der Waals surface area contributed by atoms with E-state index in [9.17, 15) is 4.79 Å². The Kier molecular flexibility index (Phi) is 8.81. The van der Waals surface area contributed by atoms with Crippen LogP contribution in [-0.2, 0) is 9.53 Å². The molecule has 3 saturated heterocycles. The maximum atomic E-state index is 12.7. The van der Waals surface area contributed by atoms with E-state index in [1.54, 1.807) is 0 Å². The van der Waals surface area contributed by atoms with Gasteiger partial charge < -0.3 is 4.74 Å². The lowest BCUT2D eigenvalue weighted by molar-refractivity contribution is -0.150. The number of carbonyl (C=O) groups excluding carboxylic acids is 1. The number of hydrogen-bond acceptors (Lipinski definition) is 3. The van der Waals surface area contributed by atoms with Crippen LogP contribution in [0.5, 0.6) is 0 Å². The summed E-state index contributed by atoms with van der Waals surface area (Å²) in [4.78, 5) is 15.3. The number of rotatable bonds is 12. The highest BCUT2D eigenvalue weighted by Gasteiger charge is 2.56. The van der Waals surface area contributed by atoms with E-state index in [0.717, 1.165) is 25.8 Å². The van der Waals surface area contributed by atoms with Gasteiger partial charge in [-0.2, -0.15) is 0 Å². The van der Waals surface area contributed by atoms with Crippen LogP contribution in [0.3, 0.4) is 0 Å². The van der Waals surface area contributed by atoms with Crippen molar-refractivity contribution in [1.29, 1.82) is 0 Å². The summed E-state index contributed by atoms with van der Waals surface area (Å²) in [6.07, 6.45) is 15.5. The van der Waals surface area contributed by atoms with Crippen LogP contribution in [0.4, 0.5) is 0 Å². The molecule has 6 atom stereocenters. The lowest BCUT2D eigenvalue weighted by Crippen LogP contribution is -2.41. The number of hydrogen-bond donors (Lipinski definition) is 0. The van der Waals surface area contributed by atoms with E-state index in [1.807, 2.05) is 12.1 Å². The molecule has 0 amide bonds. The number of nitrogens with zero attached hydrogens (tertiary/aromatic N) is 1. The molecule has 3 heterocycles. The van der Waals surface area contributed by atoms with E-state index in [2.05, 4.69) is 17.9 Å². The fourth-order valence-electron chi connectivity index (χ4n) is 6.50. The normalized spacial score (nSPS) is 30.6. The van der Waals surface area contributed by atoms with Crippen molar-refractivity contribution in [3.8, 4) is 0 Å². The zero-order chi connectivity index (χ0) is 22.5. The van der Waals surface area contributed by atoms with Crippen molar-refractivity contribution in [2.75, 3.05) is 6.54 Å². The Bertz CT molecular complexity index is 770. The SMILES string of the molecule is CCCCCCCCCCCC(=O)O[C@H]1CN2[C@@H]3CC[C@H]2[C@H]1[C@H](c1ccc(Cl)c(Cl)c1)C3. The zero-order valence-corrected chi connectivity index (χ0v) is 21.0. The molecule has 0 aliphatic carbocycles. The summed E-state index contributed by atoms with van der Waals surface area (Å²) in [5.41, 5.74) is 1.25. The average molecular weight is 481 g/mol. The Labute approximate surface area is 204 Å². The van der Waals surface area contributed by atoms with Gasteiger partial charge in [-0.15, -0.1) is 0 Å². The first kappa shape index (κ1) is 24.4. The number of piperidine rings is 1. The third-order valence-corrected chi connectivity index (χ3v) is 8.82. The molecule has 1 aromatic rings. The monoisotopic (exact) mass is 479 g/mol. The largest absolute Gasteiger partial charge is 0.461 e. The smallest absolute Gasteiger partial charge is 0.306 e. The van der Waals surface area contributed by atoms with Crippen LogP contribution < -0.4 is 0 Å². The van der Waals surface area contributed by atoms with Gasteiger partial charge in [0.25, 0.3) is 0 Å². The maximum absolute atomic E-state index is 12.7. The Morgan fingerprint density at radius 3 is 2.44 bits per heavy atom. The highest BCUT2D eigenvalue weighted by atomic mass is 35.5. The molecule has 0 N–H and O–H groups in total. The maximum Gasteiger partial charge on any atom is 0.306 e.